The molecule has 0 aliphatic carbocycles. The molecule has 2 heterocycles. The highest BCUT2D eigenvalue weighted by atomic mass is 32.2. The number of halogens is 3. The van der Waals surface area contributed by atoms with Gasteiger partial charge in [-0.15, -0.1) is 0 Å². The predicted octanol–water partition coefficient (Wildman–Crippen LogP) is 2.41. The summed E-state index contributed by atoms with van der Waals surface area (Å²) in [6.07, 6.45) is 0.863. The summed E-state index contributed by atoms with van der Waals surface area (Å²) in [4.78, 5) is 20.7. The summed E-state index contributed by atoms with van der Waals surface area (Å²) in [5.41, 5.74) is -3.73. The van der Waals surface area contributed by atoms with Crippen LogP contribution >= 0.6 is 0 Å². The van der Waals surface area contributed by atoms with Crippen LogP contribution in [0.1, 0.15) is 11.3 Å². The van der Waals surface area contributed by atoms with Crippen LogP contribution in [0.5, 0.6) is 5.75 Å². The SMILES string of the molecule is O=C(O)N1CCc2nc(-c3ccc(OS(=O)(=O)C(F)(F)F)cc3)ncc2C1. The lowest BCUT2D eigenvalue weighted by atomic mass is 10.1. The topological polar surface area (TPSA) is 110 Å². The van der Waals surface area contributed by atoms with E-state index >= 15 is 0 Å². The molecule has 12 heteroatoms. The minimum Gasteiger partial charge on any atom is -0.465 e. The average Bonchev–Trinajstić information content (AvgIpc) is 2.60. The fourth-order valence-corrected chi connectivity index (χ4v) is 2.91. The van der Waals surface area contributed by atoms with Crippen LogP contribution in [0.4, 0.5) is 18.0 Å². The summed E-state index contributed by atoms with van der Waals surface area (Å²) in [7, 11) is -5.74. The van der Waals surface area contributed by atoms with Gasteiger partial charge in [0.2, 0.25) is 0 Å². The molecule has 1 aliphatic rings. The molecule has 0 spiro atoms. The van der Waals surface area contributed by atoms with E-state index in [0.29, 0.717) is 29.8 Å². The number of hydrogen-bond acceptors (Lipinski definition) is 6. The summed E-state index contributed by atoms with van der Waals surface area (Å²) in [6, 6.07) is 4.78. The van der Waals surface area contributed by atoms with E-state index in [4.69, 9.17) is 5.11 Å². The van der Waals surface area contributed by atoms with E-state index in [1.165, 1.54) is 23.2 Å². The van der Waals surface area contributed by atoms with Crippen molar-refractivity contribution in [2.45, 2.75) is 18.5 Å². The molecule has 8 nitrogen and oxygen atoms in total. The molecule has 1 aromatic carbocycles. The Morgan fingerprint density at radius 1 is 1.22 bits per heavy atom. The Hall–Kier alpha value is -2.89. The van der Waals surface area contributed by atoms with Crippen molar-refractivity contribution in [2.75, 3.05) is 6.54 Å². The van der Waals surface area contributed by atoms with Gasteiger partial charge in [-0.25, -0.2) is 14.8 Å². The van der Waals surface area contributed by atoms with Crippen molar-refractivity contribution in [1.82, 2.24) is 14.9 Å². The maximum Gasteiger partial charge on any atom is 0.534 e. The zero-order valence-electron chi connectivity index (χ0n) is 13.5. The van der Waals surface area contributed by atoms with Crippen LogP contribution in [0, 0.1) is 0 Å². The Morgan fingerprint density at radius 2 is 1.89 bits per heavy atom. The van der Waals surface area contributed by atoms with Crippen molar-refractivity contribution < 1.29 is 35.7 Å². The van der Waals surface area contributed by atoms with Crippen molar-refractivity contribution in [2.24, 2.45) is 0 Å². The lowest BCUT2D eigenvalue weighted by molar-refractivity contribution is -0.0500. The van der Waals surface area contributed by atoms with Crippen LogP contribution in [-0.2, 0) is 23.1 Å². The highest BCUT2D eigenvalue weighted by molar-refractivity contribution is 7.88. The number of benzene rings is 1. The minimum atomic E-state index is -5.74. The maximum atomic E-state index is 12.3. The van der Waals surface area contributed by atoms with Gasteiger partial charge in [-0.3, -0.25) is 0 Å². The fourth-order valence-electron chi connectivity index (χ4n) is 2.45. The Morgan fingerprint density at radius 3 is 2.48 bits per heavy atom. The Balaban J connectivity index is 1.80. The first-order valence-electron chi connectivity index (χ1n) is 7.51. The zero-order chi connectivity index (χ0) is 19.8. The molecule has 3 rings (SSSR count). The highest BCUT2D eigenvalue weighted by Gasteiger charge is 2.48. The van der Waals surface area contributed by atoms with Crippen molar-refractivity contribution in [3.63, 3.8) is 0 Å². The van der Waals surface area contributed by atoms with E-state index in [1.54, 1.807) is 0 Å². The lowest BCUT2D eigenvalue weighted by Crippen LogP contribution is -2.35. The van der Waals surface area contributed by atoms with Crippen LogP contribution in [0.2, 0.25) is 0 Å². The third kappa shape index (κ3) is 3.94. The van der Waals surface area contributed by atoms with Gasteiger partial charge in [0.25, 0.3) is 0 Å². The van der Waals surface area contributed by atoms with Gasteiger partial charge < -0.3 is 14.2 Å². The molecule has 0 unspecified atom stereocenters. The van der Waals surface area contributed by atoms with Gasteiger partial charge in [-0.05, 0) is 24.3 Å². The second-order valence-electron chi connectivity index (χ2n) is 5.63. The number of fused-ring (bicyclic) bond motifs is 1. The van der Waals surface area contributed by atoms with E-state index in [0.717, 1.165) is 12.1 Å². The van der Waals surface area contributed by atoms with E-state index in [-0.39, 0.29) is 12.4 Å². The molecule has 0 saturated heterocycles. The third-order valence-corrected chi connectivity index (χ3v) is 4.79. The molecule has 0 atom stereocenters. The van der Waals surface area contributed by atoms with Crippen molar-refractivity contribution >= 4 is 16.2 Å². The number of alkyl halides is 3. The second kappa shape index (κ2) is 6.68. The maximum absolute atomic E-state index is 12.3. The van der Waals surface area contributed by atoms with Crippen LogP contribution in [0.25, 0.3) is 11.4 Å². The quantitative estimate of drug-likeness (QED) is 0.619. The summed E-state index contributed by atoms with van der Waals surface area (Å²) >= 11 is 0. The third-order valence-electron chi connectivity index (χ3n) is 3.81. The standard InChI is InChI=1S/C15H12F3N3O5S/c16-15(17,18)27(24,25)26-11-3-1-9(2-4-11)13-19-7-10-8-21(14(22)23)6-5-12(10)20-13/h1-4,7H,5-6,8H2,(H,22,23). The van der Waals surface area contributed by atoms with Crippen LogP contribution in [0.3, 0.4) is 0 Å². The number of aromatic nitrogens is 2. The van der Waals surface area contributed by atoms with Crippen molar-refractivity contribution in [1.29, 1.82) is 0 Å². The molecular formula is C15H12F3N3O5S. The van der Waals surface area contributed by atoms with Crippen LogP contribution < -0.4 is 4.18 Å². The van der Waals surface area contributed by atoms with E-state index in [1.807, 2.05) is 0 Å². The van der Waals surface area contributed by atoms with Crippen molar-refractivity contribution in [3.05, 3.63) is 41.7 Å². The minimum absolute atomic E-state index is 0.174. The summed E-state index contributed by atoms with van der Waals surface area (Å²) in [5, 5.41) is 9.01. The lowest BCUT2D eigenvalue weighted by Gasteiger charge is -2.25. The number of carboxylic acid groups (broad SMARTS) is 1. The van der Waals surface area contributed by atoms with Crippen LogP contribution in [-0.4, -0.2) is 46.5 Å². The predicted molar refractivity (Wildman–Crippen MR) is 85.2 cm³/mol. The number of hydrogen-bond donors (Lipinski definition) is 1. The molecule has 0 radical (unpaired) electrons. The molecule has 0 bridgehead atoms. The summed E-state index contributed by atoms with van der Waals surface area (Å²) < 4.78 is 63.0. The molecule has 144 valence electrons. The van der Waals surface area contributed by atoms with Gasteiger partial charge in [0.1, 0.15) is 5.75 Å². The van der Waals surface area contributed by atoms with Gasteiger partial charge in [-0.1, -0.05) is 0 Å². The van der Waals surface area contributed by atoms with Gasteiger partial charge >= 0.3 is 21.7 Å². The molecule has 1 aromatic heterocycles. The van der Waals surface area contributed by atoms with Gasteiger partial charge in [0.05, 0.1) is 12.2 Å². The van der Waals surface area contributed by atoms with Crippen LogP contribution in [0.15, 0.2) is 30.5 Å². The molecular weight excluding hydrogens is 391 g/mol. The van der Waals surface area contributed by atoms with Gasteiger partial charge in [0, 0.05) is 30.3 Å². The zero-order valence-corrected chi connectivity index (χ0v) is 14.3. The first-order chi connectivity index (χ1) is 12.6. The molecule has 1 N–H and O–H groups in total. The Kier molecular flexibility index (Phi) is 4.68. The van der Waals surface area contributed by atoms with Crippen molar-refractivity contribution in [3.8, 4) is 17.1 Å². The second-order valence-corrected chi connectivity index (χ2v) is 7.17. The normalized spacial score (nSPS) is 14.6. The molecule has 1 amide bonds. The molecule has 0 saturated carbocycles. The molecule has 2 aromatic rings. The largest absolute Gasteiger partial charge is 0.534 e. The number of rotatable bonds is 3. The fraction of sp³-hybridized carbons (Fsp3) is 0.267. The first-order valence-corrected chi connectivity index (χ1v) is 8.91. The highest BCUT2D eigenvalue weighted by Crippen LogP contribution is 2.28. The first kappa shape index (κ1) is 18.9. The van der Waals surface area contributed by atoms with E-state index < -0.39 is 27.5 Å². The van der Waals surface area contributed by atoms with Gasteiger partial charge in [0.15, 0.2) is 5.82 Å². The average molecular weight is 403 g/mol. The number of nitrogens with zero attached hydrogens (tertiary/aromatic N) is 3. The molecule has 0 fully saturated rings. The molecule has 27 heavy (non-hydrogen) atoms. The monoisotopic (exact) mass is 403 g/mol. The number of amides is 1. The van der Waals surface area contributed by atoms with Gasteiger partial charge in [-0.2, -0.15) is 21.6 Å². The Bertz CT molecular complexity index is 977. The smallest absolute Gasteiger partial charge is 0.465 e. The van der Waals surface area contributed by atoms with E-state index in [2.05, 4.69) is 14.2 Å². The number of carbonyl (C=O) groups is 1. The van der Waals surface area contributed by atoms with E-state index in [9.17, 15) is 26.4 Å². The summed E-state index contributed by atoms with van der Waals surface area (Å²) in [6.45, 7) is 0.466. The molecule has 1 aliphatic heterocycles. The Labute approximate surface area is 151 Å². The summed E-state index contributed by atoms with van der Waals surface area (Å²) in [5.74, 6) is -0.214.